The second-order valence-corrected chi connectivity index (χ2v) is 2.68. The van der Waals surface area contributed by atoms with Crippen molar-refractivity contribution in [1.82, 2.24) is 10.2 Å². The molecule has 0 fully saturated rings. The molecule has 3 nitrogen and oxygen atoms in total. The van der Waals surface area contributed by atoms with Crippen molar-refractivity contribution in [3.05, 3.63) is 30.6 Å². The Morgan fingerprint density at radius 2 is 2.08 bits per heavy atom. The number of aromatic nitrogens is 2. The second kappa shape index (κ2) is 3.39. The predicted molar refractivity (Wildman–Crippen MR) is 50.7 cm³/mol. The highest BCUT2D eigenvalue weighted by atomic mass is 16.5. The monoisotopic (exact) mass is 174 g/mol. The molecule has 0 bridgehead atoms. The topological polar surface area (TPSA) is 35.0 Å². The highest BCUT2D eigenvalue weighted by molar-refractivity contribution is 5.86. The molecular weight excluding hydrogens is 164 g/mol. The van der Waals surface area contributed by atoms with Crippen molar-refractivity contribution in [3.63, 3.8) is 0 Å². The van der Waals surface area contributed by atoms with E-state index in [9.17, 15) is 0 Å². The van der Waals surface area contributed by atoms with Crippen molar-refractivity contribution in [3.8, 4) is 5.75 Å². The first-order valence-corrected chi connectivity index (χ1v) is 4.24. The van der Waals surface area contributed by atoms with Crippen molar-refractivity contribution in [2.45, 2.75) is 6.92 Å². The van der Waals surface area contributed by atoms with Gasteiger partial charge in [-0.2, -0.15) is 10.2 Å². The maximum absolute atomic E-state index is 5.45. The third-order valence-corrected chi connectivity index (χ3v) is 1.85. The van der Waals surface area contributed by atoms with Crippen LogP contribution in [0.5, 0.6) is 5.75 Å². The van der Waals surface area contributed by atoms with E-state index in [0.717, 1.165) is 16.5 Å². The Morgan fingerprint density at radius 1 is 1.23 bits per heavy atom. The van der Waals surface area contributed by atoms with Gasteiger partial charge in [0.25, 0.3) is 0 Å². The first-order chi connectivity index (χ1) is 6.42. The van der Waals surface area contributed by atoms with E-state index in [2.05, 4.69) is 10.2 Å². The van der Waals surface area contributed by atoms with Crippen LogP contribution in [0.15, 0.2) is 30.6 Å². The summed E-state index contributed by atoms with van der Waals surface area (Å²) < 4.78 is 5.45. The molecule has 1 heterocycles. The Bertz CT molecular complexity index is 409. The molecule has 1 aromatic carbocycles. The van der Waals surface area contributed by atoms with Gasteiger partial charge in [0.15, 0.2) is 0 Å². The average Bonchev–Trinajstić information content (AvgIpc) is 2.19. The standard InChI is InChI=1S/C10H10N2O/c1-2-13-10-5-3-4-8-6-11-12-7-9(8)10/h3-7H,2H2,1H3. The van der Waals surface area contributed by atoms with Gasteiger partial charge in [-0.15, -0.1) is 0 Å². The third-order valence-electron chi connectivity index (χ3n) is 1.85. The number of benzene rings is 1. The number of rotatable bonds is 2. The number of fused-ring (bicyclic) bond motifs is 1. The maximum Gasteiger partial charge on any atom is 0.128 e. The van der Waals surface area contributed by atoms with E-state index in [4.69, 9.17) is 4.74 Å². The smallest absolute Gasteiger partial charge is 0.128 e. The third kappa shape index (κ3) is 1.45. The molecule has 0 atom stereocenters. The second-order valence-electron chi connectivity index (χ2n) is 2.68. The molecule has 0 radical (unpaired) electrons. The minimum Gasteiger partial charge on any atom is -0.493 e. The summed E-state index contributed by atoms with van der Waals surface area (Å²) in [5.74, 6) is 0.870. The zero-order valence-electron chi connectivity index (χ0n) is 7.40. The molecular formula is C10H10N2O. The lowest BCUT2D eigenvalue weighted by atomic mass is 10.2. The molecule has 1 aromatic heterocycles. The molecule has 0 aliphatic heterocycles. The van der Waals surface area contributed by atoms with E-state index in [0.29, 0.717) is 6.61 Å². The molecule has 0 spiro atoms. The lowest BCUT2D eigenvalue weighted by Gasteiger charge is -2.05. The summed E-state index contributed by atoms with van der Waals surface area (Å²) in [4.78, 5) is 0. The van der Waals surface area contributed by atoms with E-state index in [1.54, 1.807) is 12.4 Å². The van der Waals surface area contributed by atoms with Gasteiger partial charge in [-0.1, -0.05) is 12.1 Å². The number of nitrogens with zero attached hydrogens (tertiary/aromatic N) is 2. The van der Waals surface area contributed by atoms with E-state index in [-0.39, 0.29) is 0 Å². The largest absolute Gasteiger partial charge is 0.493 e. The lowest BCUT2D eigenvalue weighted by Crippen LogP contribution is -1.92. The summed E-state index contributed by atoms with van der Waals surface area (Å²) in [5.41, 5.74) is 0. The van der Waals surface area contributed by atoms with Crippen LogP contribution in [0.2, 0.25) is 0 Å². The van der Waals surface area contributed by atoms with Crippen LogP contribution in [0.25, 0.3) is 10.8 Å². The first-order valence-electron chi connectivity index (χ1n) is 4.24. The summed E-state index contributed by atoms with van der Waals surface area (Å²) >= 11 is 0. The van der Waals surface area contributed by atoms with Gasteiger partial charge < -0.3 is 4.74 Å². The molecule has 3 heteroatoms. The summed E-state index contributed by atoms with van der Waals surface area (Å²) in [6.07, 6.45) is 3.46. The van der Waals surface area contributed by atoms with E-state index < -0.39 is 0 Å². The zero-order valence-corrected chi connectivity index (χ0v) is 7.40. The fourth-order valence-corrected chi connectivity index (χ4v) is 1.28. The van der Waals surface area contributed by atoms with Gasteiger partial charge in [0.05, 0.1) is 19.0 Å². The van der Waals surface area contributed by atoms with E-state index in [1.165, 1.54) is 0 Å². The Hall–Kier alpha value is -1.64. The molecule has 66 valence electrons. The van der Waals surface area contributed by atoms with Gasteiger partial charge in [-0.25, -0.2) is 0 Å². The predicted octanol–water partition coefficient (Wildman–Crippen LogP) is 2.03. The molecule has 0 saturated heterocycles. The minimum absolute atomic E-state index is 0.668. The maximum atomic E-state index is 5.45. The van der Waals surface area contributed by atoms with Crippen LogP contribution in [-0.2, 0) is 0 Å². The van der Waals surface area contributed by atoms with Gasteiger partial charge in [-0.05, 0) is 13.0 Å². The van der Waals surface area contributed by atoms with Gasteiger partial charge in [-0.3, -0.25) is 0 Å². The Kier molecular flexibility index (Phi) is 2.08. The summed E-state index contributed by atoms with van der Waals surface area (Å²) in [6, 6.07) is 5.88. The normalized spacial score (nSPS) is 10.2. The Labute approximate surface area is 76.4 Å². The van der Waals surface area contributed by atoms with E-state index in [1.807, 2.05) is 25.1 Å². The van der Waals surface area contributed by atoms with E-state index >= 15 is 0 Å². The van der Waals surface area contributed by atoms with Crippen molar-refractivity contribution in [2.24, 2.45) is 0 Å². The van der Waals surface area contributed by atoms with Crippen molar-refractivity contribution >= 4 is 10.8 Å². The molecule has 0 unspecified atom stereocenters. The molecule has 0 saturated carbocycles. The Balaban J connectivity index is 2.61. The van der Waals surface area contributed by atoms with Crippen molar-refractivity contribution in [2.75, 3.05) is 6.61 Å². The molecule has 0 aliphatic carbocycles. The number of ether oxygens (including phenoxy) is 1. The molecule has 2 aromatic rings. The Morgan fingerprint density at radius 3 is 2.92 bits per heavy atom. The fourth-order valence-electron chi connectivity index (χ4n) is 1.28. The number of hydrogen-bond donors (Lipinski definition) is 0. The summed E-state index contributed by atoms with van der Waals surface area (Å²) in [7, 11) is 0. The number of hydrogen-bond acceptors (Lipinski definition) is 3. The highest BCUT2D eigenvalue weighted by Crippen LogP contribution is 2.23. The van der Waals surface area contributed by atoms with Crippen LogP contribution >= 0.6 is 0 Å². The fraction of sp³-hybridized carbons (Fsp3) is 0.200. The van der Waals surface area contributed by atoms with Gasteiger partial charge in [0.1, 0.15) is 5.75 Å². The minimum atomic E-state index is 0.668. The average molecular weight is 174 g/mol. The lowest BCUT2D eigenvalue weighted by molar-refractivity contribution is 0.344. The quantitative estimate of drug-likeness (QED) is 0.698. The molecule has 0 aliphatic rings. The van der Waals surface area contributed by atoms with Crippen LogP contribution in [-0.4, -0.2) is 16.8 Å². The van der Waals surface area contributed by atoms with Gasteiger partial charge in [0, 0.05) is 10.8 Å². The summed E-state index contributed by atoms with van der Waals surface area (Å²) in [6.45, 7) is 2.63. The van der Waals surface area contributed by atoms with Gasteiger partial charge >= 0.3 is 0 Å². The van der Waals surface area contributed by atoms with Crippen LogP contribution < -0.4 is 4.74 Å². The highest BCUT2D eigenvalue weighted by Gasteiger charge is 1.99. The first kappa shape index (κ1) is 7.98. The van der Waals surface area contributed by atoms with Crippen LogP contribution in [0.3, 0.4) is 0 Å². The SMILES string of the molecule is CCOc1cccc2cnncc12. The molecule has 0 amide bonds. The van der Waals surface area contributed by atoms with Crippen LogP contribution in [0, 0.1) is 0 Å². The zero-order chi connectivity index (χ0) is 9.10. The molecule has 0 N–H and O–H groups in total. The van der Waals surface area contributed by atoms with Crippen LogP contribution in [0.1, 0.15) is 6.92 Å². The summed E-state index contributed by atoms with van der Waals surface area (Å²) in [5, 5.41) is 9.70. The van der Waals surface area contributed by atoms with Crippen LogP contribution in [0.4, 0.5) is 0 Å². The van der Waals surface area contributed by atoms with Crippen molar-refractivity contribution in [1.29, 1.82) is 0 Å². The van der Waals surface area contributed by atoms with Crippen molar-refractivity contribution < 1.29 is 4.74 Å². The van der Waals surface area contributed by atoms with Gasteiger partial charge in [0.2, 0.25) is 0 Å². The molecule has 2 rings (SSSR count). The molecule has 13 heavy (non-hydrogen) atoms.